The van der Waals surface area contributed by atoms with Gasteiger partial charge in [0, 0.05) is 36.0 Å². The number of ether oxygens (including phenoxy) is 1. The van der Waals surface area contributed by atoms with E-state index in [0.29, 0.717) is 17.6 Å². The lowest BCUT2D eigenvalue weighted by atomic mass is 9.70. The Labute approximate surface area is 164 Å². The van der Waals surface area contributed by atoms with E-state index >= 15 is 0 Å². The van der Waals surface area contributed by atoms with E-state index in [1.165, 1.54) is 6.08 Å². The maximum atomic E-state index is 14.0. The molecule has 0 saturated heterocycles. The first-order valence-corrected chi connectivity index (χ1v) is 9.38. The number of carbonyl (C=O) groups is 1. The van der Waals surface area contributed by atoms with Gasteiger partial charge in [-0.2, -0.15) is 13.2 Å². The number of nitrogens with zero attached hydrogens (tertiary/aromatic N) is 1. The summed E-state index contributed by atoms with van der Waals surface area (Å²) in [5.74, 6) is -6.30. The zero-order valence-electron chi connectivity index (χ0n) is 16.2. The second-order valence-electron chi connectivity index (χ2n) is 8.61. The third-order valence-electron chi connectivity index (χ3n) is 5.86. The minimum atomic E-state index is -5.21. The van der Waals surface area contributed by atoms with Gasteiger partial charge in [0.15, 0.2) is 0 Å². The normalized spacial score (nSPS) is 29.7. The lowest BCUT2D eigenvalue weighted by Crippen LogP contribution is -2.35. The predicted octanol–water partition coefficient (Wildman–Crippen LogP) is 5.46. The van der Waals surface area contributed by atoms with Crippen LogP contribution < -0.4 is 0 Å². The maximum absolute atomic E-state index is 14.0. The van der Waals surface area contributed by atoms with Crippen molar-refractivity contribution in [3.05, 3.63) is 46.3 Å². The van der Waals surface area contributed by atoms with E-state index in [-0.39, 0.29) is 29.6 Å². The topological polar surface area (TPSA) is 38.7 Å². The fourth-order valence-electron chi connectivity index (χ4n) is 4.85. The van der Waals surface area contributed by atoms with Crippen LogP contribution in [-0.2, 0) is 9.53 Å². The van der Waals surface area contributed by atoms with Gasteiger partial charge in [0.25, 0.3) is 5.92 Å². The Morgan fingerprint density at radius 3 is 2.59 bits per heavy atom. The number of fused-ring (bicyclic) bond motifs is 3. The molecule has 1 fully saturated rings. The van der Waals surface area contributed by atoms with Crippen molar-refractivity contribution in [2.24, 2.45) is 16.8 Å². The number of hydrogen-bond acceptors (Lipinski definition) is 3. The van der Waals surface area contributed by atoms with Gasteiger partial charge >= 0.3 is 12.1 Å². The van der Waals surface area contributed by atoms with Gasteiger partial charge in [-0.25, -0.2) is 13.6 Å². The highest BCUT2D eigenvalue weighted by Crippen LogP contribution is 2.53. The van der Waals surface area contributed by atoms with E-state index in [1.807, 2.05) is 20.8 Å². The second-order valence-corrected chi connectivity index (χ2v) is 8.61. The molecule has 0 amide bonds. The molecule has 1 saturated carbocycles. The smallest absolute Gasteiger partial charge is 0.420 e. The SMILES string of the molecule is CC1=CC(C)(C)N=C2CC3=C(OC(=O)C(F)(F)F)C4=C(C=CC(F)(F)C4)C3CC12. The van der Waals surface area contributed by atoms with Crippen LogP contribution in [-0.4, -0.2) is 29.3 Å². The monoisotopic (exact) mass is 413 g/mol. The summed E-state index contributed by atoms with van der Waals surface area (Å²) < 4.78 is 71.1. The molecule has 2 atom stereocenters. The van der Waals surface area contributed by atoms with E-state index in [4.69, 9.17) is 4.99 Å². The number of aliphatic imine (C=N–C) groups is 1. The Kier molecular flexibility index (Phi) is 4.23. The molecule has 0 radical (unpaired) electrons. The molecule has 3 nitrogen and oxygen atoms in total. The molecular formula is C21H20F5NO2. The van der Waals surface area contributed by atoms with Gasteiger partial charge in [-0.15, -0.1) is 0 Å². The van der Waals surface area contributed by atoms with Crippen LogP contribution in [0.5, 0.6) is 0 Å². The average Bonchev–Trinajstić information content (AvgIpc) is 2.83. The Balaban J connectivity index is 1.79. The number of dihydropyridines is 1. The number of allylic oxidation sites excluding steroid dienone is 6. The summed E-state index contributed by atoms with van der Waals surface area (Å²) in [5, 5.41) is 0. The first-order valence-electron chi connectivity index (χ1n) is 9.38. The molecule has 4 aliphatic rings. The first-order chi connectivity index (χ1) is 13.3. The van der Waals surface area contributed by atoms with Crippen LogP contribution >= 0.6 is 0 Å². The van der Waals surface area contributed by atoms with Crippen molar-refractivity contribution in [2.75, 3.05) is 0 Å². The summed E-state index contributed by atoms with van der Waals surface area (Å²) in [7, 11) is 0. The van der Waals surface area contributed by atoms with Crippen molar-refractivity contribution < 1.29 is 31.5 Å². The molecule has 0 bridgehead atoms. The van der Waals surface area contributed by atoms with Crippen molar-refractivity contribution in [3.8, 4) is 0 Å². The van der Waals surface area contributed by atoms with Crippen LogP contribution in [0.1, 0.15) is 40.0 Å². The largest absolute Gasteiger partial charge is 0.491 e. The zero-order valence-corrected chi connectivity index (χ0v) is 16.2. The Hall–Kier alpha value is -2.25. The van der Waals surface area contributed by atoms with Gasteiger partial charge in [0.1, 0.15) is 5.76 Å². The van der Waals surface area contributed by atoms with Gasteiger partial charge in [-0.3, -0.25) is 4.99 Å². The molecule has 0 spiro atoms. The molecule has 1 heterocycles. The molecule has 0 aromatic rings. The summed E-state index contributed by atoms with van der Waals surface area (Å²) in [6, 6.07) is 0. The summed E-state index contributed by atoms with van der Waals surface area (Å²) >= 11 is 0. The average molecular weight is 413 g/mol. The van der Waals surface area contributed by atoms with Crippen LogP contribution in [0.15, 0.2) is 51.3 Å². The molecule has 0 aromatic heterocycles. The highest BCUT2D eigenvalue weighted by molar-refractivity contribution is 5.94. The molecule has 8 heteroatoms. The summed E-state index contributed by atoms with van der Waals surface area (Å²) in [5.41, 5.74) is 2.40. The fourth-order valence-corrected chi connectivity index (χ4v) is 4.85. The molecule has 2 unspecified atom stereocenters. The highest BCUT2D eigenvalue weighted by atomic mass is 19.4. The summed E-state index contributed by atoms with van der Waals surface area (Å²) in [6.45, 7) is 5.83. The number of alkyl halides is 5. The molecule has 0 aromatic carbocycles. The maximum Gasteiger partial charge on any atom is 0.491 e. The van der Waals surface area contributed by atoms with E-state index in [2.05, 4.69) is 10.8 Å². The third-order valence-corrected chi connectivity index (χ3v) is 5.86. The van der Waals surface area contributed by atoms with Crippen molar-refractivity contribution >= 4 is 11.7 Å². The molecule has 0 N–H and O–H groups in total. The quantitative estimate of drug-likeness (QED) is 0.325. The van der Waals surface area contributed by atoms with Crippen molar-refractivity contribution in [2.45, 2.75) is 57.7 Å². The van der Waals surface area contributed by atoms with E-state index in [1.54, 1.807) is 0 Å². The zero-order chi connectivity index (χ0) is 21.4. The highest BCUT2D eigenvalue weighted by Gasteiger charge is 2.49. The van der Waals surface area contributed by atoms with Crippen LogP contribution in [0.4, 0.5) is 22.0 Å². The van der Waals surface area contributed by atoms with Crippen LogP contribution in [0, 0.1) is 11.8 Å². The number of hydrogen-bond donors (Lipinski definition) is 0. The Morgan fingerprint density at radius 2 is 1.93 bits per heavy atom. The lowest BCUT2D eigenvalue weighted by molar-refractivity contribution is -0.195. The van der Waals surface area contributed by atoms with Crippen LogP contribution in [0.2, 0.25) is 0 Å². The van der Waals surface area contributed by atoms with Crippen LogP contribution in [0.25, 0.3) is 0 Å². The second kappa shape index (κ2) is 6.12. The molecule has 3 aliphatic carbocycles. The first kappa shape index (κ1) is 20.0. The number of carbonyl (C=O) groups excluding carboxylic acids is 1. The minimum absolute atomic E-state index is 0.000899. The predicted molar refractivity (Wildman–Crippen MR) is 96.4 cm³/mol. The molecule has 1 aliphatic heterocycles. The number of halogens is 5. The van der Waals surface area contributed by atoms with E-state index < -0.39 is 30.0 Å². The number of rotatable bonds is 1. The van der Waals surface area contributed by atoms with Gasteiger partial charge in [-0.05, 0) is 44.4 Å². The Bertz CT molecular complexity index is 947. The molecule has 29 heavy (non-hydrogen) atoms. The third kappa shape index (κ3) is 3.46. The van der Waals surface area contributed by atoms with Crippen molar-refractivity contribution in [1.82, 2.24) is 0 Å². The van der Waals surface area contributed by atoms with Gasteiger partial charge in [0.05, 0.1) is 5.54 Å². The van der Waals surface area contributed by atoms with E-state index in [9.17, 15) is 26.7 Å². The number of esters is 1. The van der Waals surface area contributed by atoms with Crippen molar-refractivity contribution in [3.63, 3.8) is 0 Å². The Morgan fingerprint density at radius 1 is 1.24 bits per heavy atom. The lowest BCUT2D eigenvalue weighted by Gasteiger charge is -2.38. The van der Waals surface area contributed by atoms with Gasteiger partial charge in [0.2, 0.25) is 0 Å². The van der Waals surface area contributed by atoms with Crippen molar-refractivity contribution in [1.29, 1.82) is 0 Å². The fraction of sp³-hybridized carbons (Fsp3) is 0.524. The molecule has 156 valence electrons. The molecular weight excluding hydrogens is 393 g/mol. The van der Waals surface area contributed by atoms with Gasteiger partial charge < -0.3 is 4.74 Å². The summed E-state index contributed by atoms with van der Waals surface area (Å²) in [4.78, 5) is 16.2. The molecule has 4 rings (SSSR count). The summed E-state index contributed by atoms with van der Waals surface area (Å²) in [6.07, 6.45) is -1.18. The van der Waals surface area contributed by atoms with E-state index in [0.717, 1.165) is 17.4 Å². The minimum Gasteiger partial charge on any atom is -0.420 e. The van der Waals surface area contributed by atoms with Crippen LogP contribution in [0.3, 0.4) is 0 Å². The standard InChI is InChI=1S/C21H20F5NO2/c1-10-8-19(2,3)27-16-7-14-13(6-12(10)16)11-4-5-20(22,23)9-15(11)17(14)29-18(28)21(24,25)26/h4-5,8,12-13H,6-7,9H2,1-3H3. The van der Waals surface area contributed by atoms with Gasteiger partial charge in [-0.1, -0.05) is 17.7 Å².